The van der Waals surface area contributed by atoms with Gasteiger partial charge < -0.3 is 47.4 Å². The smallest absolute Gasteiger partial charge is 0.333 e. The Hall–Kier alpha value is -8.14. The van der Waals surface area contributed by atoms with Crippen LogP contribution in [0, 0.1) is 27.7 Å². The second-order valence-electron chi connectivity index (χ2n) is 17.6. The second-order valence-corrected chi connectivity index (χ2v) is 17.6. The normalized spacial score (nSPS) is 11.8. The summed E-state index contributed by atoms with van der Waals surface area (Å²) in [6.45, 7) is 18.0. The molecule has 16 nitrogen and oxygen atoms in total. The van der Waals surface area contributed by atoms with Gasteiger partial charge in [0.2, 0.25) is 0 Å². The fraction of sp³-hybridized carbons (Fsp3) is 0.345. The third-order valence-electron chi connectivity index (χ3n) is 11.2. The highest BCUT2D eigenvalue weighted by molar-refractivity contribution is 5.92. The van der Waals surface area contributed by atoms with E-state index in [1.807, 2.05) is 76.2 Å². The zero-order chi connectivity index (χ0) is 53.9. The Bertz CT molecular complexity index is 2540. The minimum Gasteiger partial charge on any atom is -0.489 e. The molecule has 0 saturated carbocycles. The molecule has 0 aromatic heterocycles. The summed E-state index contributed by atoms with van der Waals surface area (Å²) < 4.78 is 57.3. The maximum absolute atomic E-state index is 12.5. The highest BCUT2D eigenvalue weighted by Gasteiger charge is 2.24. The minimum absolute atomic E-state index is 0.0156. The first-order chi connectivity index (χ1) is 35.3. The molecule has 4 aromatic carbocycles. The molecule has 0 N–H and O–H groups in total. The van der Waals surface area contributed by atoms with Gasteiger partial charge in [-0.1, -0.05) is 83.9 Å². The SMILES string of the molecule is C=C(C)C(=O)OCCOc1c2cc(C)cc1Cc1cc(C)cc(c1OCCOC(=O)/C=C\C(=O)OC)Cc1cc(C)cc(c1OCCOC(=O)C(=C)C)Cc1cc(C)cc(c1OCCOC(=O)/C=C\C(=O)OC)C2. The van der Waals surface area contributed by atoms with Crippen molar-refractivity contribution in [2.75, 3.05) is 67.1 Å². The summed E-state index contributed by atoms with van der Waals surface area (Å²) in [6.07, 6.45) is 5.11. The number of carbonyl (C=O) groups excluding carboxylic acids is 6. The Morgan fingerprint density at radius 3 is 0.811 bits per heavy atom. The Kier molecular flexibility index (Phi) is 21.2. The lowest BCUT2D eigenvalue weighted by Crippen LogP contribution is -2.16. The van der Waals surface area contributed by atoms with Crippen LogP contribution in [0.3, 0.4) is 0 Å². The monoisotopic (exact) mass is 1020 g/mol. The zero-order valence-corrected chi connectivity index (χ0v) is 43.4. The molecule has 0 spiro atoms. The van der Waals surface area contributed by atoms with Gasteiger partial charge >= 0.3 is 35.8 Å². The molecule has 1 aliphatic carbocycles. The number of rotatable bonds is 22. The molecule has 0 aliphatic heterocycles. The summed E-state index contributed by atoms with van der Waals surface area (Å²) in [7, 11) is 2.40. The fourth-order valence-electron chi connectivity index (χ4n) is 8.21. The van der Waals surface area contributed by atoms with Crippen molar-refractivity contribution in [1.29, 1.82) is 0 Å². The lowest BCUT2D eigenvalue weighted by atomic mass is 9.88. The van der Waals surface area contributed by atoms with Crippen LogP contribution in [0.1, 0.15) is 80.6 Å². The van der Waals surface area contributed by atoms with E-state index in [0.29, 0.717) is 48.7 Å². The topological polar surface area (TPSA) is 195 Å². The van der Waals surface area contributed by atoms with Crippen LogP contribution in [0.25, 0.3) is 0 Å². The third-order valence-corrected chi connectivity index (χ3v) is 11.2. The molecule has 392 valence electrons. The number of esters is 6. The number of carbonyl (C=O) groups is 6. The van der Waals surface area contributed by atoms with Crippen LogP contribution >= 0.6 is 0 Å². The van der Waals surface area contributed by atoms with Crippen molar-refractivity contribution in [3.05, 3.63) is 164 Å². The predicted molar refractivity (Wildman–Crippen MR) is 274 cm³/mol. The first-order valence-electron chi connectivity index (χ1n) is 23.9. The van der Waals surface area contributed by atoms with Crippen molar-refractivity contribution >= 4 is 35.8 Å². The molecule has 5 rings (SSSR count). The van der Waals surface area contributed by atoms with Gasteiger partial charge in [-0.3, -0.25) is 0 Å². The van der Waals surface area contributed by atoms with Gasteiger partial charge in [0.1, 0.15) is 75.9 Å². The molecule has 0 radical (unpaired) electrons. The molecule has 0 amide bonds. The lowest BCUT2D eigenvalue weighted by molar-refractivity contribution is -0.140. The maximum atomic E-state index is 12.5. The molecule has 0 fully saturated rings. The van der Waals surface area contributed by atoms with Crippen molar-refractivity contribution in [2.45, 2.75) is 67.2 Å². The van der Waals surface area contributed by atoms with Gasteiger partial charge in [-0.05, 0) is 86.1 Å². The van der Waals surface area contributed by atoms with Crippen molar-refractivity contribution < 1.29 is 76.1 Å². The first kappa shape index (κ1) is 56.8. The van der Waals surface area contributed by atoms with Crippen molar-refractivity contribution in [3.8, 4) is 23.0 Å². The molecule has 0 atom stereocenters. The standard InChI is InChI=1S/C58H64O16/c1-35(2)57(63)73-21-19-71-55-45-27-39(7)28-46(55)32-42-24-38(6)26-44(54(42)70-18-16-68-52(62)14-12-50(60)66-10)34-48-30-40(8)29-47(56(48)72-20-22-74-58(64)36(3)4)33-43-25-37(5)23-41(31-45)53(43)69-17-15-67-51(61)13-11-49(59)65-9/h11-14,23-30H,1,3,15-22,31-34H2,2,4-10H3/b13-11-,14-12-. The largest absolute Gasteiger partial charge is 0.489 e. The highest BCUT2D eigenvalue weighted by atomic mass is 16.6. The average Bonchev–Trinajstić information content (AvgIpc) is 3.34. The molecular formula is C58H64O16. The Morgan fingerprint density at radius 2 is 0.595 bits per heavy atom. The van der Waals surface area contributed by atoms with E-state index in [1.165, 1.54) is 14.2 Å². The predicted octanol–water partition coefficient (Wildman–Crippen LogP) is 7.90. The summed E-state index contributed by atoms with van der Waals surface area (Å²) in [5, 5.41) is 0. The third kappa shape index (κ3) is 17.0. The second kappa shape index (κ2) is 27.6. The van der Waals surface area contributed by atoms with E-state index >= 15 is 0 Å². The molecule has 16 heteroatoms. The van der Waals surface area contributed by atoms with Gasteiger partial charge in [0.25, 0.3) is 0 Å². The maximum Gasteiger partial charge on any atom is 0.333 e. The molecule has 8 bridgehead atoms. The van der Waals surface area contributed by atoms with Gasteiger partial charge in [-0.2, -0.15) is 0 Å². The van der Waals surface area contributed by atoms with E-state index in [1.54, 1.807) is 13.8 Å². The van der Waals surface area contributed by atoms with Crippen molar-refractivity contribution in [2.24, 2.45) is 0 Å². The van der Waals surface area contributed by atoms with E-state index < -0.39 is 35.8 Å². The van der Waals surface area contributed by atoms with E-state index in [4.69, 9.17) is 37.9 Å². The molecule has 4 aromatic rings. The Labute approximate surface area is 431 Å². The van der Waals surface area contributed by atoms with Gasteiger partial charge in [0.15, 0.2) is 0 Å². The summed E-state index contributed by atoms with van der Waals surface area (Å²) in [5.41, 5.74) is 10.6. The number of hydrogen-bond donors (Lipinski definition) is 0. The fourth-order valence-corrected chi connectivity index (χ4v) is 8.21. The van der Waals surface area contributed by atoms with Crippen LogP contribution in [-0.4, -0.2) is 103 Å². The van der Waals surface area contributed by atoms with Crippen LogP contribution in [-0.2, 0) is 82.9 Å². The van der Waals surface area contributed by atoms with E-state index in [-0.39, 0.29) is 64.0 Å². The van der Waals surface area contributed by atoms with Gasteiger partial charge in [0.05, 0.1) is 14.2 Å². The molecule has 0 saturated heterocycles. The summed E-state index contributed by atoms with van der Waals surface area (Å²) in [6, 6.07) is 16.2. The number of methoxy groups -OCH3 is 2. The summed E-state index contributed by atoms with van der Waals surface area (Å²) in [4.78, 5) is 73.1. The number of benzene rings is 4. The van der Waals surface area contributed by atoms with Crippen LogP contribution in [0.4, 0.5) is 0 Å². The number of ether oxygens (including phenoxy) is 10. The van der Waals surface area contributed by atoms with Gasteiger partial charge in [-0.15, -0.1) is 0 Å². The average molecular weight is 1020 g/mol. The molecular weight excluding hydrogens is 953 g/mol. The quantitative estimate of drug-likeness (QED) is 0.0281. The van der Waals surface area contributed by atoms with E-state index in [0.717, 1.165) is 91.1 Å². The highest BCUT2D eigenvalue weighted by Crippen LogP contribution is 2.40. The lowest BCUT2D eigenvalue weighted by Gasteiger charge is -2.24. The summed E-state index contributed by atoms with van der Waals surface area (Å²) >= 11 is 0. The molecule has 0 heterocycles. The number of fused-ring (bicyclic) bond motifs is 8. The molecule has 0 unspecified atom stereocenters. The van der Waals surface area contributed by atoms with Gasteiger partial charge in [0, 0.05) is 61.1 Å². The van der Waals surface area contributed by atoms with E-state index in [2.05, 4.69) is 22.6 Å². The number of hydrogen-bond acceptors (Lipinski definition) is 16. The van der Waals surface area contributed by atoms with Crippen LogP contribution in [0.2, 0.25) is 0 Å². The number of aryl methyl sites for hydroxylation is 4. The summed E-state index contributed by atoms with van der Waals surface area (Å²) in [5.74, 6) is -1.82. The van der Waals surface area contributed by atoms with Crippen LogP contribution in [0.5, 0.6) is 23.0 Å². The molecule has 1 aliphatic rings. The minimum atomic E-state index is -0.752. The molecule has 74 heavy (non-hydrogen) atoms. The van der Waals surface area contributed by atoms with E-state index in [9.17, 15) is 28.8 Å². The van der Waals surface area contributed by atoms with Gasteiger partial charge in [-0.25, -0.2) is 28.8 Å². The van der Waals surface area contributed by atoms with Crippen molar-refractivity contribution in [3.63, 3.8) is 0 Å². The van der Waals surface area contributed by atoms with Crippen molar-refractivity contribution in [1.82, 2.24) is 0 Å². The van der Waals surface area contributed by atoms with Crippen LogP contribution < -0.4 is 18.9 Å². The van der Waals surface area contributed by atoms with Crippen LogP contribution in [0.15, 0.2) is 97.1 Å². The Morgan fingerprint density at radius 1 is 0.378 bits per heavy atom. The Balaban J connectivity index is 1.70. The first-order valence-corrected chi connectivity index (χ1v) is 23.9. The zero-order valence-electron chi connectivity index (χ0n) is 43.4.